The van der Waals surface area contributed by atoms with E-state index < -0.39 is 11.8 Å². The third kappa shape index (κ3) is 3.60. The lowest BCUT2D eigenvalue weighted by Gasteiger charge is -2.26. The van der Waals surface area contributed by atoms with Gasteiger partial charge in [0, 0.05) is 16.4 Å². The van der Waals surface area contributed by atoms with Crippen LogP contribution in [0.5, 0.6) is 0 Å². The largest absolute Gasteiger partial charge is 0.420 e. The maximum absolute atomic E-state index is 12.6. The van der Waals surface area contributed by atoms with E-state index in [9.17, 15) is 9.59 Å². The summed E-state index contributed by atoms with van der Waals surface area (Å²) in [4.78, 5) is 24.8. The Kier molecular flexibility index (Phi) is 5.05. The van der Waals surface area contributed by atoms with Crippen LogP contribution >= 0.6 is 15.9 Å². The number of amides is 1. The summed E-state index contributed by atoms with van der Waals surface area (Å²) < 4.78 is 7.62. The lowest BCUT2D eigenvalue weighted by atomic mass is 9.84. The maximum Gasteiger partial charge on any atom is 0.420 e. The minimum absolute atomic E-state index is 0.219. The SMILES string of the molecule is CC(C(=O)NCC(C)(C)c1ccc(Br)cc1)n1c(=O)oc2ccccc21. The van der Waals surface area contributed by atoms with E-state index in [0.717, 1.165) is 10.0 Å². The third-order valence-electron chi connectivity index (χ3n) is 4.62. The summed E-state index contributed by atoms with van der Waals surface area (Å²) in [5, 5.41) is 2.96. The van der Waals surface area contributed by atoms with E-state index in [2.05, 4.69) is 35.1 Å². The average Bonchev–Trinajstić information content (AvgIpc) is 2.95. The van der Waals surface area contributed by atoms with E-state index in [4.69, 9.17) is 4.42 Å². The number of fused-ring (bicyclic) bond motifs is 1. The van der Waals surface area contributed by atoms with Crippen LogP contribution in [0.1, 0.15) is 32.4 Å². The summed E-state index contributed by atoms with van der Waals surface area (Å²) in [5.74, 6) is -0.746. The molecule has 1 unspecified atom stereocenters. The average molecular weight is 417 g/mol. The Morgan fingerprint density at radius 3 is 2.54 bits per heavy atom. The zero-order chi connectivity index (χ0) is 18.9. The zero-order valence-electron chi connectivity index (χ0n) is 15.0. The molecule has 26 heavy (non-hydrogen) atoms. The van der Waals surface area contributed by atoms with Gasteiger partial charge in [-0.25, -0.2) is 4.79 Å². The number of nitrogens with zero attached hydrogens (tertiary/aromatic N) is 1. The first-order chi connectivity index (χ1) is 12.3. The van der Waals surface area contributed by atoms with Crippen LogP contribution in [0.15, 0.2) is 62.2 Å². The fourth-order valence-corrected chi connectivity index (χ4v) is 3.19. The van der Waals surface area contributed by atoms with Crippen LogP contribution < -0.4 is 11.1 Å². The van der Waals surface area contributed by atoms with Gasteiger partial charge in [-0.2, -0.15) is 0 Å². The van der Waals surface area contributed by atoms with Crippen LogP contribution in [0.2, 0.25) is 0 Å². The fourth-order valence-electron chi connectivity index (χ4n) is 2.93. The lowest BCUT2D eigenvalue weighted by molar-refractivity contribution is -0.124. The number of hydrogen-bond acceptors (Lipinski definition) is 3. The first-order valence-corrected chi connectivity index (χ1v) is 9.23. The second-order valence-electron chi connectivity index (χ2n) is 6.99. The molecular weight excluding hydrogens is 396 g/mol. The van der Waals surface area contributed by atoms with Gasteiger partial charge in [-0.05, 0) is 36.8 Å². The Balaban J connectivity index is 1.76. The van der Waals surface area contributed by atoms with Gasteiger partial charge in [0.1, 0.15) is 6.04 Å². The Hall–Kier alpha value is -2.34. The summed E-state index contributed by atoms with van der Waals surface area (Å²) in [6, 6.07) is 14.5. The van der Waals surface area contributed by atoms with Gasteiger partial charge < -0.3 is 9.73 Å². The van der Waals surface area contributed by atoms with Gasteiger partial charge in [-0.1, -0.05) is 54.0 Å². The normalized spacial score (nSPS) is 12.9. The number of oxazole rings is 1. The summed E-state index contributed by atoms with van der Waals surface area (Å²) >= 11 is 3.43. The second kappa shape index (κ2) is 7.11. The van der Waals surface area contributed by atoms with Crippen molar-refractivity contribution >= 4 is 32.9 Å². The zero-order valence-corrected chi connectivity index (χ0v) is 16.5. The Morgan fingerprint density at radius 1 is 1.19 bits per heavy atom. The number of nitrogens with one attached hydrogen (secondary N) is 1. The molecular formula is C20H21BrN2O3. The third-order valence-corrected chi connectivity index (χ3v) is 5.14. The summed E-state index contributed by atoms with van der Waals surface area (Å²) in [7, 11) is 0. The van der Waals surface area contributed by atoms with E-state index in [-0.39, 0.29) is 11.3 Å². The number of carbonyl (C=O) groups is 1. The van der Waals surface area contributed by atoms with Crippen LogP contribution in [-0.4, -0.2) is 17.0 Å². The summed E-state index contributed by atoms with van der Waals surface area (Å²) in [6.07, 6.45) is 0. The molecule has 2 aromatic carbocycles. The molecule has 1 heterocycles. The Labute approximate surface area is 160 Å². The Morgan fingerprint density at radius 2 is 1.85 bits per heavy atom. The van der Waals surface area contributed by atoms with Crippen molar-refractivity contribution in [2.75, 3.05) is 6.54 Å². The van der Waals surface area contributed by atoms with E-state index in [1.54, 1.807) is 25.1 Å². The molecule has 0 aliphatic rings. The van der Waals surface area contributed by atoms with Gasteiger partial charge in [0.25, 0.3) is 0 Å². The summed E-state index contributed by atoms with van der Waals surface area (Å²) in [5.41, 5.74) is 1.98. The molecule has 0 fully saturated rings. The molecule has 1 aromatic heterocycles. The topological polar surface area (TPSA) is 64.2 Å². The van der Waals surface area contributed by atoms with Crippen LogP contribution in [0.4, 0.5) is 0 Å². The molecule has 0 aliphatic carbocycles. The van der Waals surface area contributed by atoms with Gasteiger partial charge in [0.05, 0.1) is 5.52 Å². The van der Waals surface area contributed by atoms with Crippen LogP contribution in [0, 0.1) is 0 Å². The van der Waals surface area contributed by atoms with Gasteiger partial charge in [0.15, 0.2) is 5.58 Å². The highest BCUT2D eigenvalue weighted by Crippen LogP contribution is 2.24. The smallest absolute Gasteiger partial charge is 0.408 e. The number of carbonyl (C=O) groups excluding carboxylic acids is 1. The number of hydrogen-bond donors (Lipinski definition) is 1. The lowest BCUT2D eigenvalue weighted by Crippen LogP contribution is -2.41. The van der Waals surface area contributed by atoms with Gasteiger partial charge >= 0.3 is 5.76 Å². The second-order valence-corrected chi connectivity index (χ2v) is 7.91. The monoisotopic (exact) mass is 416 g/mol. The van der Waals surface area contributed by atoms with E-state index in [1.165, 1.54) is 4.57 Å². The van der Waals surface area contributed by atoms with Crippen molar-refractivity contribution in [2.24, 2.45) is 0 Å². The minimum atomic E-state index is -0.660. The minimum Gasteiger partial charge on any atom is -0.408 e. The predicted octanol–water partition coefficient (Wildman–Crippen LogP) is 4.01. The van der Waals surface area contributed by atoms with Gasteiger partial charge in [-0.15, -0.1) is 0 Å². The predicted molar refractivity (Wildman–Crippen MR) is 105 cm³/mol. The first-order valence-electron chi connectivity index (χ1n) is 8.43. The number of aromatic nitrogens is 1. The van der Waals surface area contributed by atoms with E-state index in [1.807, 2.05) is 30.3 Å². The molecule has 6 heteroatoms. The highest BCUT2D eigenvalue weighted by atomic mass is 79.9. The molecule has 1 N–H and O–H groups in total. The van der Waals surface area contributed by atoms with Crippen molar-refractivity contribution in [1.82, 2.24) is 9.88 Å². The molecule has 3 aromatic rings. The summed E-state index contributed by atoms with van der Waals surface area (Å²) in [6.45, 7) is 6.30. The number of para-hydroxylation sites is 2. The molecule has 0 saturated heterocycles. The Bertz CT molecular complexity index is 986. The first kappa shape index (κ1) is 18.5. The van der Waals surface area contributed by atoms with Crippen molar-refractivity contribution in [3.63, 3.8) is 0 Å². The molecule has 1 amide bonds. The molecule has 136 valence electrons. The van der Waals surface area contributed by atoms with Gasteiger partial charge in [-0.3, -0.25) is 9.36 Å². The van der Waals surface area contributed by atoms with Crippen LogP contribution in [0.3, 0.4) is 0 Å². The molecule has 0 bridgehead atoms. The van der Waals surface area contributed by atoms with E-state index in [0.29, 0.717) is 17.6 Å². The van der Waals surface area contributed by atoms with Crippen molar-refractivity contribution in [3.05, 3.63) is 69.1 Å². The van der Waals surface area contributed by atoms with Crippen molar-refractivity contribution in [1.29, 1.82) is 0 Å². The van der Waals surface area contributed by atoms with Gasteiger partial charge in [0.2, 0.25) is 5.91 Å². The fraction of sp³-hybridized carbons (Fsp3) is 0.300. The van der Waals surface area contributed by atoms with Crippen molar-refractivity contribution in [2.45, 2.75) is 32.2 Å². The highest BCUT2D eigenvalue weighted by Gasteiger charge is 2.25. The molecule has 1 atom stereocenters. The number of benzene rings is 2. The molecule has 3 rings (SSSR count). The van der Waals surface area contributed by atoms with Crippen molar-refractivity contribution in [3.8, 4) is 0 Å². The molecule has 0 radical (unpaired) electrons. The molecule has 0 saturated carbocycles. The quantitative estimate of drug-likeness (QED) is 0.682. The number of rotatable bonds is 5. The van der Waals surface area contributed by atoms with Crippen LogP contribution in [-0.2, 0) is 10.2 Å². The maximum atomic E-state index is 12.6. The molecule has 0 aliphatic heterocycles. The highest BCUT2D eigenvalue weighted by molar-refractivity contribution is 9.10. The standard InChI is InChI=1S/C20H21BrN2O3/c1-13(23-16-6-4-5-7-17(16)26-19(23)25)18(24)22-12-20(2,3)14-8-10-15(21)11-9-14/h4-11,13H,12H2,1-3H3,(H,22,24). The molecule has 0 spiro atoms. The molecule has 5 nitrogen and oxygen atoms in total. The van der Waals surface area contributed by atoms with Crippen LogP contribution in [0.25, 0.3) is 11.1 Å². The number of halogens is 1. The van der Waals surface area contributed by atoms with Crippen molar-refractivity contribution < 1.29 is 9.21 Å². The van der Waals surface area contributed by atoms with E-state index >= 15 is 0 Å².